The number of amides is 1. The second-order valence-electron chi connectivity index (χ2n) is 8.63. The monoisotopic (exact) mass is 475 g/mol. The van der Waals surface area contributed by atoms with E-state index >= 15 is 4.39 Å². The molecular weight excluding hydrogens is 449 g/mol. The van der Waals surface area contributed by atoms with Crippen molar-refractivity contribution in [3.8, 4) is 11.5 Å². The predicted octanol–water partition coefficient (Wildman–Crippen LogP) is 3.95. The zero-order chi connectivity index (χ0) is 24.5. The molecule has 2 bridgehead atoms. The summed E-state index contributed by atoms with van der Waals surface area (Å²) in [7, 11) is 0. The standard InChI is InChI=1S/C27H26FN3O4/c1-2-19-11-6-7-16-35-26-20(12-8-13-21(26)28)23(18-9-4-3-5-10-18)31-17-29(19)27(34)24-25(33)22(32)14-15-30(24)31/h3-10,12-15,19,23,33H,2,11,16-17H2,1H3/b7-6+/t19-,23-/m1/s1. The molecule has 2 aliphatic rings. The van der Waals surface area contributed by atoms with Crippen LogP contribution in [-0.4, -0.2) is 39.9 Å². The Morgan fingerprint density at radius 1 is 1.06 bits per heavy atom. The van der Waals surface area contributed by atoms with Crippen molar-refractivity contribution in [3.05, 3.63) is 106 Å². The maximum Gasteiger partial charge on any atom is 0.278 e. The van der Waals surface area contributed by atoms with Gasteiger partial charge in [-0.1, -0.05) is 61.5 Å². The van der Waals surface area contributed by atoms with E-state index in [1.807, 2.05) is 54.4 Å². The van der Waals surface area contributed by atoms with Gasteiger partial charge in [-0.3, -0.25) is 19.3 Å². The van der Waals surface area contributed by atoms with Crippen LogP contribution >= 0.6 is 0 Å². The lowest BCUT2D eigenvalue weighted by atomic mass is 9.96. The minimum atomic E-state index is -0.633. The molecule has 2 aliphatic heterocycles. The van der Waals surface area contributed by atoms with Crippen LogP contribution in [0.25, 0.3) is 0 Å². The molecule has 7 nitrogen and oxygen atoms in total. The minimum Gasteiger partial charge on any atom is -0.502 e. The van der Waals surface area contributed by atoms with Gasteiger partial charge in [0.05, 0.1) is 0 Å². The van der Waals surface area contributed by atoms with Gasteiger partial charge in [0.25, 0.3) is 5.91 Å². The molecule has 5 rings (SSSR count). The summed E-state index contributed by atoms with van der Waals surface area (Å²) in [5, 5.41) is 12.6. The van der Waals surface area contributed by atoms with Gasteiger partial charge >= 0.3 is 0 Å². The Balaban J connectivity index is 1.82. The second kappa shape index (κ2) is 9.29. The van der Waals surface area contributed by atoms with Crippen molar-refractivity contribution in [2.75, 3.05) is 18.3 Å². The summed E-state index contributed by atoms with van der Waals surface area (Å²) in [6.07, 6.45) is 6.44. The Bertz CT molecular complexity index is 1340. The molecule has 0 aliphatic carbocycles. The molecule has 2 aromatic carbocycles. The zero-order valence-corrected chi connectivity index (χ0v) is 19.3. The Hall–Kier alpha value is -4.07. The van der Waals surface area contributed by atoms with Crippen molar-refractivity contribution in [2.24, 2.45) is 0 Å². The van der Waals surface area contributed by atoms with Crippen molar-refractivity contribution < 1.29 is 19.0 Å². The molecule has 0 spiro atoms. The van der Waals surface area contributed by atoms with Gasteiger partial charge in [0.15, 0.2) is 23.0 Å². The highest BCUT2D eigenvalue weighted by Crippen LogP contribution is 2.38. The molecule has 1 aromatic heterocycles. The van der Waals surface area contributed by atoms with E-state index in [0.29, 0.717) is 18.4 Å². The van der Waals surface area contributed by atoms with Crippen LogP contribution in [0.3, 0.4) is 0 Å². The molecule has 8 heteroatoms. The first-order chi connectivity index (χ1) is 17.0. The number of pyridine rings is 1. The lowest BCUT2D eigenvalue weighted by molar-refractivity contribution is 0.0584. The van der Waals surface area contributed by atoms with Crippen LogP contribution in [0, 0.1) is 5.82 Å². The fraction of sp³-hybridized carbons (Fsp3) is 0.259. The van der Waals surface area contributed by atoms with E-state index in [2.05, 4.69) is 0 Å². The highest BCUT2D eigenvalue weighted by molar-refractivity contribution is 5.96. The number of hydrogen-bond acceptors (Lipinski definition) is 5. The number of nitrogens with zero attached hydrogens (tertiary/aromatic N) is 3. The van der Waals surface area contributed by atoms with E-state index in [9.17, 15) is 14.7 Å². The average molecular weight is 476 g/mol. The summed E-state index contributed by atoms with van der Waals surface area (Å²) >= 11 is 0. The third-order valence-corrected chi connectivity index (χ3v) is 6.61. The summed E-state index contributed by atoms with van der Waals surface area (Å²) in [6.45, 7) is 2.34. The van der Waals surface area contributed by atoms with E-state index in [-0.39, 0.29) is 30.8 Å². The van der Waals surface area contributed by atoms with E-state index in [1.54, 1.807) is 17.0 Å². The minimum absolute atomic E-state index is 0.108. The Morgan fingerprint density at radius 2 is 1.86 bits per heavy atom. The zero-order valence-electron chi connectivity index (χ0n) is 19.3. The van der Waals surface area contributed by atoms with Crippen LogP contribution in [0.5, 0.6) is 11.5 Å². The summed E-state index contributed by atoms with van der Waals surface area (Å²) in [6, 6.07) is 14.8. The molecule has 3 heterocycles. The topological polar surface area (TPSA) is 75.0 Å². The van der Waals surface area contributed by atoms with Crippen molar-refractivity contribution in [1.82, 2.24) is 9.58 Å². The number of carbonyl (C=O) groups excluding carboxylic acids is 1. The number of carbonyl (C=O) groups is 1. The molecule has 0 fully saturated rings. The summed E-state index contributed by atoms with van der Waals surface area (Å²) < 4.78 is 22.5. The Morgan fingerprint density at radius 3 is 2.63 bits per heavy atom. The van der Waals surface area contributed by atoms with Crippen molar-refractivity contribution >= 4 is 5.91 Å². The van der Waals surface area contributed by atoms with Crippen molar-refractivity contribution in [1.29, 1.82) is 0 Å². The van der Waals surface area contributed by atoms with Gasteiger partial charge in [-0.25, -0.2) is 4.39 Å². The highest BCUT2D eigenvalue weighted by atomic mass is 19.1. The first kappa shape index (κ1) is 22.7. The van der Waals surface area contributed by atoms with Gasteiger partial charge in [-0.15, -0.1) is 0 Å². The van der Waals surface area contributed by atoms with Gasteiger partial charge in [0, 0.05) is 23.9 Å². The summed E-state index contributed by atoms with van der Waals surface area (Å²) in [4.78, 5) is 27.6. The predicted molar refractivity (Wildman–Crippen MR) is 130 cm³/mol. The van der Waals surface area contributed by atoms with Crippen LogP contribution in [0.15, 0.2) is 77.7 Å². The van der Waals surface area contributed by atoms with Gasteiger partial charge < -0.3 is 14.7 Å². The largest absolute Gasteiger partial charge is 0.502 e. The molecule has 0 saturated heterocycles. The maximum absolute atomic E-state index is 15.1. The number of ether oxygens (including phenoxy) is 1. The van der Waals surface area contributed by atoms with Crippen LogP contribution in [-0.2, 0) is 0 Å². The fourth-order valence-corrected chi connectivity index (χ4v) is 4.85. The summed E-state index contributed by atoms with van der Waals surface area (Å²) in [5.74, 6) is -1.40. The smallest absolute Gasteiger partial charge is 0.278 e. The quantitative estimate of drug-likeness (QED) is 0.568. The van der Waals surface area contributed by atoms with Gasteiger partial charge in [-0.05, 0) is 24.5 Å². The van der Waals surface area contributed by atoms with Crippen LogP contribution in [0.2, 0.25) is 0 Å². The van der Waals surface area contributed by atoms with Gasteiger partial charge in [-0.2, -0.15) is 0 Å². The Labute approximate surface area is 202 Å². The number of para-hydroxylation sites is 1. The molecule has 3 aromatic rings. The molecule has 35 heavy (non-hydrogen) atoms. The third-order valence-electron chi connectivity index (χ3n) is 6.61. The van der Waals surface area contributed by atoms with E-state index < -0.39 is 28.9 Å². The van der Waals surface area contributed by atoms with Crippen LogP contribution in [0.4, 0.5) is 4.39 Å². The maximum atomic E-state index is 15.1. The molecule has 0 unspecified atom stereocenters. The van der Waals surface area contributed by atoms with E-state index in [0.717, 1.165) is 5.56 Å². The Kier molecular flexibility index (Phi) is 6.03. The number of hydrogen-bond donors (Lipinski definition) is 1. The number of fused-ring (bicyclic) bond motifs is 5. The first-order valence-corrected chi connectivity index (χ1v) is 11.6. The van der Waals surface area contributed by atoms with Crippen LogP contribution in [0.1, 0.15) is 47.4 Å². The number of rotatable bonds is 2. The lowest BCUT2D eigenvalue weighted by Crippen LogP contribution is -2.58. The van der Waals surface area contributed by atoms with Crippen molar-refractivity contribution in [3.63, 3.8) is 0 Å². The summed E-state index contributed by atoms with van der Waals surface area (Å²) in [5.41, 5.74) is 0.660. The number of halogens is 1. The molecule has 0 radical (unpaired) electrons. The molecule has 2 atom stereocenters. The lowest BCUT2D eigenvalue weighted by Gasteiger charge is -2.46. The number of aromatic nitrogens is 1. The molecule has 0 saturated carbocycles. The number of benzene rings is 2. The van der Waals surface area contributed by atoms with Gasteiger partial charge in [0.2, 0.25) is 5.43 Å². The highest BCUT2D eigenvalue weighted by Gasteiger charge is 2.39. The molecule has 180 valence electrons. The average Bonchev–Trinajstić information content (AvgIpc) is 2.86. The first-order valence-electron chi connectivity index (χ1n) is 11.6. The molecule has 1 N–H and O–H groups in total. The van der Waals surface area contributed by atoms with Crippen LogP contribution < -0.4 is 15.2 Å². The fourth-order valence-electron chi connectivity index (χ4n) is 4.85. The molecule has 1 amide bonds. The van der Waals surface area contributed by atoms with Crippen molar-refractivity contribution in [2.45, 2.75) is 31.8 Å². The molecular formula is C27H26FN3O4. The van der Waals surface area contributed by atoms with Gasteiger partial charge in [0.1, 0.15) is 19.3 Å². The third kappa shape index (κ3) is 3.95. The van der Waals surface area contributed by atoms with E-state index in [1.165, 1.54) is 23.0 Å². The second-order valence-corrected chi connectivity index (χ2v) is 8.63. The van der Waals surface area contributed by atoms with E-state index in [4.69, 9.17) is 4.74 Å². The normalized spacial score (nSPS) is 20.7. The number of aromatic hydroxyl groups is 1. The SMILES string of the molecule is CC[C@@H]1C/C=C/COc2c(F)cccc2[C@@H](c2ccccc2)N2CN1C(=O)c1c(O)c(=O)ccn12.